The van der Waals surface area contributed by atoms with Gasteiger partial charge in [0.15, 0.2) is 11.5 Å². The number of imidazole rings is 1. The molecule has 0 unspecified atom stereocenters. The Balaban J connectivity index is 1.48. The van der Waals surface area contributed by atoms with Gasteiger partial charge in [0.1, 0.15) is 5.69 Å². The predicted molar refractivity (Wildman–Crippen MR) is 128 cm³/mol. The van der Waals surface area contributed by atoms with Gasteiger partial charge >= 0.3 is 0 Å². The van der Waals surface area contributed by atoms with Crippen LogP contribution in [-0.2, 0) is 0 Å². The lowest BCUT2D eigenvalue weighted by molar-refractivity contribution is 1.10. The van der Waals surface area contributed by atoms with Gasteiger partial charge in [-0.2, -0.15) is 5.10 Å². The number of pyridine rings is 4. The number of aromatic nitrogens is 8. The van der Waals surface area contributed by atoms with E-state index in [1.54, 1.807) is 24.8 Å². The number of H-pyrrole nitrogens is 2. The normalized spacial score (nSPS) is 11.3. The Morgan fingerprint density at radius 3 is 2.58 bits per heavy atom. The zero-order valence-corrected chi connectivity index (χ0v) is 18.0. The molecule has 0 fully saturated rings. The van der Waals surface area contributed by atoms with Gasteiger partial charge in [-0.25, -0.2) is 9.97 Å². The lowest BCUT2D eigenvalue weighted by atomic mass is 10.1. The van der Waals surface area contributed by atoms with E-state index in [0.717, 1.165) is 44.5 Å². The lowest BCUT2D eigenvalue weighted by Crippen LogP contribution is -2.08. The quantitative estimate of drug-likeness (QED) is 0.431. The number of nitrogens with zero attached hydrogens (tertiary/aromatic N) is 7. The summed E-state index contributed by atoms with van der Waals surface area (Å²) in [6.45, 7) is 0. The van der Waals surface area contributed by atoms with Crippen molar-refractivity contribution in [2.24, 2.45) is 0 Å². The molecule has 9 heteroatoms. The minimum Gasteiger partial charge on any atom is -0.376 e. The van der Waals surface area contributed by atoms with Crippen molar-refractivity contribution in [3.8, 4) is 33.9 Å². The molecule has 6 rings (SSSR count). The molecule has 0 aromatic carbocycles. The van der Waals surface area contributed by atoms with Crippen LogP contribution in [0.25, 0.3) is 56.0 Å². The Hall–Kier alpha value is -4.66. The molecule has 6 aromatic rings. The molecule has 0 aliphatic rings. The molecule has 0 aliphatic carbocycles. The van der Waals surface area contributed by atoms with Crippen LogP contribution < -0.4 is 4.90 Å². The van der Waals surface area contributed by atoms with E-state index < -0.39 is 0 Å². The molecule has 0 saturated carbocycles. The van der Waals surface area contributed by atoms with Crippen LogP contribution in [0.3, 0.4) is 0 Å². The fourth-order valence-corrected chi connectivity index (χ4v) is 3.86. The predicted octanol–water partition coefficient (Wildman–Crippen LogP) is 4.09. The van der Waals surface area contributed by atoms with E-state index in [0.29, 0.717) is 17.2 Å². The molecule has 0 amide bonds. The van der Waals surface area contributed by atoms with Crippen LogP contribution in [0.15, 0.2) is 67.5 Å². The fourth-order valence-electron chi connectivity index (χ4n) is 3.86. The van der Waals surface area contributed by atoms with Crippen molar-refractivity contribution in [3.63, 3.8) is 0 Å². The highest BCUT2D eigenvalue weighted by atomic mass is 15.1. The first kappa shape index (κ1) is 19.1. The first-order valence-electron chi connectivity index (χ1n) is 10.4. The molecule has 0 radical (unpaired) electrons. The average Bonchev–Trinajstić information content (AvgIpc) is 3.48. The molecule has 0 aliphatic heterocycles. The summed E-state index contributed by atoms with van der Waals surface area (Å²) >= 11 is 0. The van der Waals surface area contributed by atoms with Crippen molar-refractivity contribution in [1.82, 2.24) is 40.1 Å². The largest absolute Gasteiger partial charge is 0.376 e. The number of hydrogen-bond acceptors (Lipinski definition) is 7. The second-order valence-corrected chi connectivity index (χ2v) is 7.89. The van der Waals surface area contributed by atoms with Crippen molar-refractivity contribution in [3.05, 3.63) is 67.5 Å². The van der Waals surface area contributed by atoms with Crippen LogP contribution in [0.1, 0.15) is 0 Å². The Morgan fingerprint density at radius 2 is 1.73 bits per heavy atom. The standard InChI is InChI=1S/C24H19N9/c1-33(2)16-9-15(11-26-12-16)19-10-18-20(13-28-19)31-32-22(18)24-29-21-17(5-8-27-23(21)30-24)14-3-6-25-7-4-14/h3-13H,1-2H3,(H,31,32)(H,27,29,30). The van der Waals surface area contributed by atoms with Gasteiger partial charge in [-0.05, 0) is 35.9 Å². The van der Waals surface area contributed by atoms with Crippen LogP contribution in [0.5, 0.6) is 0 Å². The molecule has 160 valence electrons. The number of hydrogen-bond donors (Lipinski definition) is 2. The van der Waals surface area contributed by atoms with Gasteiger partial charge in [0, 0.05) is 55.4 Å². The highest BCUT2D eigenvalue weighted by Gasteiger charge is 2.17. The maximum atomic E-state index is 4.73. The van der Waals surface area contributed by atoms with Gasteiger partial charge in [0.05, 0.1) is 34.8 Å². The van der Waals surface area contributed by atoms with E-state index in [-0.39, 0.29) is 0 Å². The first-order valence-corrected chi connectivity index (χ1v) is 10.4. The maximum absolute atomic E-state index is 4.73. The van der Waals surface area contributed by atoms with Gasteiger partial charge in [0.2, 0.25) is 0 Å². The number of rotatable bonds is 4. The van der Waals surface area contributed by atoms with E-state index in [2.05, 4.69) is 41.2 Å². The molecular weight excluding hydrogens is 414 g/mol. The highest BCUT2D eigenvalue weighted by Crippen LogP contribution is 2.32. The molecule has 0 spiro atoms. The van der Waals surface area contributed by atoms with Crippen molar-refractivity contribution in [2.45, 2.75) is 0 Å². The van der Waals surface area contributed by atoms with Crippen molar-refractivity contribution < 1.29 is 0 Å². The van der Waals surface area contributed by atoms with Gasteiger partial charge in [-0.3, -0.25) is 20.1 Å². The molecule has 0 bridgehead atoms. The summed E-state index contributed by atoms with van der Waals surface area (Å²) in [5, 5.41) is 8.50. The summed E-state index contributed by atoms with van der Waals surface area (Å²) in [4.78, 5) is 27.7. The third kappa shape index (κ3) is 3.26. The lowest BCUT2D eigenvalue weighted by Gasteiger charge is -2.12. The number of fused-ring (bicyclic) bond motifs is 2. The minimum absolute atomic E-state index is 0.632. The Morgan fingerprint density at radius 1 is 0.848 bits per heavy atom. The summed E-state index contributed by atoms with van der Waals surface area (Å²) < 4.78 is 0. The maximum Gasteiger partial charge on any atom is 0.178 e. The molecular formula is C24H19N9. The van der Waals surface area contributed by atoms with E-state index in [1.165, 1.54) is 0 Å². The summed E-state index contributed by atoms with van der Waals surface area (Å²) in [6, 6.07) is 9.97. The van der Waals surface area contributed by atoms with Crippen molar-refractivity contribution >= 4 is 27.8 Å². The van der Waals surface area contributed by atoms with E-state index in [1.807, 2.05) is 55.7 Å². The Labute approximate surface area is 188 Å². The molecule has 0 atom stereocenters. The first-order chi connectivity index (χ1) is 16.2. The van der Waals surface area contributed by atoms with Crippen LogP contribution in [0.4, 0.5) is 5.69 Å². The van der Waals surface area contributed by atoms with Gasteiger partial charge in [-0.15, -0.1) is 0 Å². The smallest absolute Gasteiger partial charge is 0.178 e. The van der Waals surface area contributed by atoms with Crippen molar-refractivity contribution in [1.29, 1.82) is 0 Å². The van der Waals surface area contributed by atoms with Gasteiger partial charge in [-0.1, -0.05) is 0 Å². The third-order valence-corrected chi connectivity index (χ3v) is 5.59. The van der Waals surface area contributed by atoms with Crippen LogP contribution in [-0.4, -0.2) is 54.2 Å². The fraction of sp³-hybridized carbons (Fsp3) is 0.0833. The molecule has 33 heavy (non-hydrogen) atoms. The molecule has 0 saturated heterocycles. The molecule has 2 N–H and O–H groups in total. The second-order valence-electron chi connectivity index (χ2n) is 7.89. The average molecular weight is 433 g/mol. The Bertz CT molecular complexity index is 1600. The number of aromatic amines is 2. The minimum atomic E-state index is 0.632. The SMILES string of the molecule is CN(C)c1cncc(-c2cc3c(-c4nc5nccc(-c6ccncc6)c5[nH]4)n[nH]c3cn2)c1. The number of nitrogens with one attached hydrogen (secondary N) is 2. The summed E-state index contributed by atoms with van der Waals surface area (Å²) in [5.74, 6) is 0.641. The van der Waals surface area contributed by atoms with Crippen molar-refractivity contribution in [2.75, 3.05) is 19.0 Å². The van der Waals surface area contributed by atoms with Crippen LogP contribution >= 0.6 is 0 Å². The highest BCUT2D eigenvalue weighted by molar-refractivity contribution is 5.96. The Kier molecular flexibility index (Phi) is 4.32. The van der Waals surface area contributed by atoms with E-state index in [9.17, 15) is 0 Å². The zero-order valence-electron chi connectivity index (χ0n) is 18.0. The van der Waals surface area contributed by atoms with E-state index >= 15 is 0 Å². The van der Waals surface area contributed by atoms with E-state index in [4.69, 9.17) is 4.98 Å². The topological polar surface area (TPSA) is 112 Å². The monoisotopic (exact) mass is 433 g/mol. The summed E-state index contributed by atoms with van der Waals surface area (Å²) in [6.07, 6.45) is 10.7. The summed E-state index contributed by atoms with van der Waals surface area (Å²) in [5.41, 5.74) is 7.83. The molecule has 6 heterocycles. The molecule has 6 aromatic heterocycles. The number of anilines is 1. The van der Waals surface area contributed by atoms with Crippen LogP contribution in [0.2, 0.25) is 0 Å². The molecule has 9 nitrogen and oxygen atoms in total. The summed E-state index contributed by atoms with van der Waals surface area (Å²) in [7, 11) is 3.98. The zero-order chi connectivity index (χ0) is 22.4. The van der Waals surface area contributed by atoms with Gasteiger partial charge < -0.3 is 9.88 Å². The third-order valence-electron chi connectivity index (χ3n) is 5.59. The van der Waals surface area contributed by atoms with Gasteiger partial charge in [0.25, 0.3) is 0 Å². The second kappa shape index (κ2) is 7.49. The van der Waals surface area contributed by atoms with Crippen LogP contribution in [0, 0.1) is 0 Å².